The summed E-state index contributed by atoms with van der Waals surface area (Å²) in [6.07, 6.45) is 3.84. The Balaban J connectivity index is 2.95. The molecule has 0 aromatic carbocycles. The van der Waals surface area contributed by atoms with Crippen LogP contribution in [0.3, 0.4) is 0 Å². The zero-order chi connectivity index (χ0) is 7.56. The van der Waals surface area contributed by atoms with Gasteiger partial charge in [-0.2, -0.15) is 0 Å². The number of hydrogen-bond donors (Lipinski definition) is 2. The molecule has 0 fully saturated rings. The second kappa shape index (κ2) is 2.78. The van der Waals surface area contributed by atoms with Gasteiger partial charge in [0.1, 0.15) is 5.94 Å². The van der Waals surface area contributed by atoms with Gasteiger partial charge in [0.2, 0.25) is 0 Å². The summed E-state index contributed by atoms with van der Waals surface area (Å²) in [5.41, 5.74) is 6.70. The predicted octanol–water partition coefficient (Wildman–Crippen LogP) is 0.804. The Hall–Kier alpha value is -0.920. The molecule has 0 amide bonds. The molecule has 0 heterocycles. The molecule has 0 unspecified atom stereocenters. The van der Waals surface area contributed by atoms with Gasteiger partial charge in [0.15, 0.2) is 0 Å². The van der Waals surface area contributed by atoms with E-state index in [4.69, 9.17) is 5.73 Å². The topological polar surface area (TPSA) is 43.1 Å². The van der Waals surface area contributed by atoms with Crippen LogP contribution in [0.4, 0.5) is 0 Å². The Labute approximate surface area is 64.5 Å². The van der Waals surface area contributed by atoms with E-state index in [1.54, 1.807) is 18.1 Å². The lowest BCUT2D eigenvalue weighted by molar-refractivity contribution is 0.567. The van der Waals surface area contributed by atoms with Gasteiger partial charge in [0, 0.05) is 22.6 Å². The second-order valence-corrected chi connectivity index (χ2v) is 2.53. The zero-order valence-electron chi connectivity index (χ0n) is 5.29. The van der Waals surface area contributed by atoms with Gasteiger partial charge in [-0.3, -0.25) is 0 Å². The Morgan fingerprint density at radius 1 is 1.60 bits per heavy atom. The minimum absolute atomic E-state index is 0.471. The van der Waals surface area contributed by atoms with Crippen molar-refractivity contribution in [3.63, 3.8) is 0 Å². The van der Waals surface area contributed by atoms with Crippen LogP contribution in [0.15, 0.2) is 28.3 Å². The standard InChI is InChI=1S/C7H7NOS/c8-6-3-5(4-9)1-2-7(6)10/h1-2,10H,3,8H2. The van der Waals surface area contributed by atoms with Crippen molar-refractivity contribution in [3.8, 4) is 0 Å². The molecule has 10 heavy (non-hydrogen) atoms. The SMILES string of the molecule is NC1=C(S)C=CC(=C=O)C1. The molecular formula is C7H7NOS. The normalized spacial score (nSPS) is 17.5. The minimum atomic E-state index is 0.471. The molecule has 2 nitrogen and oxygen atoms in total. The van der Waals surface area contributed by atoms with Crippen molar-refractivity contribution in [1.82, 2.24) is 0 Å². The molecular weight excluding hydrogens is 146 g/mol. The maximum Gasteiger partial charge on any atom is 0.128 e. The summed E-state index contributed by atoms with van der Waals surface area (Å²) in [4.78, 5) is 10.8. The predicted molar refractivity (Wildman–Crippen MR) is 43.2 cm³/mol. The van der Waals surface area contributed by atoms with Gasteiger partial charge in [-0.15, -0.1) is 12.6 Å². The van der Waals surface area contributed by atoms with Crippen molar-refractivity contribution < 1.29 is 4.79 Å². The molecule has 0 spiro atoms. The fourth-order valence-electron chi connectivity index (χ4n) is 0.711. The van der Waals surface area contributed by atoms with Crippen LogP contribution in [-0.2, 0) is 4.79 Å². The summed E-state index contributed by atoms with van der Waals surface area (Å²) in [5, 5.41) is 0. The van der Waals surface area contributed by atoms with Gasteiger partial charge in [-0.05, 0) is 12.2 Å². The lowest BCUT2D eigenvalue weighted by atomic mass is 10.1. The van der Waals surface area contributed by atoms with Gasteiger partial charge >= 0.3 is 0 Å². The summed E-state index contributed by atoms with van der Waals surface area (Å²) >= 11 is 4.06. The van der Waals surface area contributed by atoms with Crippen LogP contribution < -0.4 is 5.73 Å². The third kappa shape index (κ3) is 1.32. The molecule has 0 saturated heterocycles. The summed E-state index contributed by atoms with van der Waals surface area (Å²) in [6.45, 7) is 0. The maximum atomic E-state index is 10.1. The highest BCUT2D eigenvalue weighted by Crippen LogP contribution is 2.19. The van der Waals surface area contributed by atoms with E-state index in [2.05, 4.69) is 12.6 Å². The third-order valence-electron chi connectivity index (χ3n) is 1.28. The molecule has 0 atom stereocenters. The van der Waals surface area contributed by atoms with Gasteiger partial charge in [0.25, 0.3) is 0 Å². The fourth-order valence-corrected chi connectivity index (χ4v) is 0.865. The number of thiol groups is 1. The molecule has 1 rings (SSSR count). The maximum absolute atomic E-state index is 10.1. The smallest absolute Gasteiger partial charge is 0.128 e. The highest BCUT2D eigenvalue weighted by molar-refractivity contribution is 7.84. The summed E-state index contributed by atoms with van der Waals surface area (Å²) < 4.78 is 0. The van der Waals surface area contributed by atoms with Crippen LogP contribution in [0.1, 0.15) is 6.42 Å². The van der Waals surface area contributed by atoms with Crippen molar-refractivity contribution in [3.05, 3.63) is 28.3 Å². The van der Waals surface area contributed by atoms with Crippen LogP contribution in [0.2, 0.25) is 0 Å². The highest BCUT2D eigenvalue weighted by atomic mass is 32.1. The number of carbonyl (C=O) groups excluding carboxylic acids is 1. The van der Waals surface area contributed by atoms with E-state index in [0.717, 1.165) is 4.91 Å². The van der Waals surface area contributed by atoms with E-state index in [9.17, 15) is 4.79 Å². The summed E-state index contributed by atoms with van der Waals surface area (Å²) in [7, 11) is 0. The average Bonchev–Trinajstić information content (AvgIpc) is 1.95. The Kier molecular flexibility index (Phi) is 2.00. The first-order chi connectivity index (χ1) is 4.74. The molecule has 0 saturated carbocycles. The number of allylic oxidation sites excluding steroid dienone is 3. The summed E-state index contributed by atoms with van der Waals surface area (Å²) in [5.74, 6) is 1.79. The molecule has 3 heteroatoms. The van der Waals surface area contributed by atoms with E-state index < -0.39 is 0 Å². The van der Waals surface area contributed by atoms with Crippen LogP contribution in [0, 0.1) is 0 Å². The molecule has 0 radical (unpaired) electrons. The van der Waals surface area contributed by atoms with E-state index in [1.165, 1.54) is 0 Å². The quantitative estimate of drug-likeness (QED) is 0.399. The number of nitrogens with two attached hydrogens (primary N) is 1. The first kappa shape index (κ1) is 7.19. The average molecular weight is 153 g/mol. The lowest BCUT2D eigenvalue weighted by Crippen LogP contribution is -2.03. The minimum Gasteiger partial charge on any atom is -0.401 e. The molecule has 1 aliphatic rings. The van der Waals surface area contributed by atoms with Crippen LogP contribution in [0.25, 0.3) is 0 Å². The van der Waals surface area contributed by atoms with Crippen molar-refractivity contribution in [2.75, 3.05) is 0 Å². The van der Waals surface area contributed by atoms with Crippen molar-refractivity contribution >= 4 is 18.6 Å². The molecule has 0 aromatic heterocycles. The monoisotopic (exact) mass is 153 g/mol. The molecule has 1 aliphatic carbocycles. The summed E-state index contributed by atoms with van der Waals surface area (Å²) in [6, 6.07) is 0. The van der Waals surface area contributed by atoms with Gasteiger partial charge < -0.3 is 5.73 Å². The first-order valence-electron chi connectivity index (χ1n) is 2.83. The second-order valence-electron chi connectivity index (χ2n) is 2.05. The molecule has 0 aliphatic heterocycles. The fraction of sp³-hybridized carbons (Fsp3) is 0.143. The highest BCUT2D eigenvalue weighted by Gasteiger charge is 2.05. The molecule has 0 bridgehead atoms. The third-order valence-corrected chi connectivity index (χ3v) is 1.72. The van der Waals surface area contributed by atoms with E-state index in [0.29, 0.717) is 17.7 Å². The Bertz CT molecular complexity index is 259. The van der Waals surface area contributed by atoms with Gasteiger partial charge in [-0.25, -0.2) is 4.79 Å². The van der Waals surface area contributed by atoms with Crippen LogP contribution in [-0.4, -0.2) is 5.94 Å². The van der Waals surface area contributed by atoms with Crippen molar-refractivity contribution in [1.29, 1.82) is 0 Å². The van der Waals surface area contributed by atoms with Gasteiger partial charge in [0.05, 0.1) is 0 Å². The zero-order valence-corrected chi connectivity index (χ0v) is 6.19. The molecule has 52 valence electrons. The van der Waals surface area contributed by atoms with E-state index >= 15 is 0 Å². The Morgan fingerprint density at radius 2 is 2.30 bits per heavy atom. The van der Waals surface area contributed by atoms with Crippen LogP contribution in [0.5, 0.6) is 0 Å². The molecule has 2 N–H and O–H groups in total. The molecule has 0 aromatic rings. The van der Waals surface area contributed by atoms with E-state index in [-0.39, 0.29) is 0 Å². The Morgan fingerprint density at radius 3 is 2.80 bits per heavy atom. The van der Waals surface area contributed by atoms with Crippen molar-refractivity contribution in [2.45, 2.75) is 6.42 Å². The van der Waals surface area contributed by atoms with E-state index in [1.807, 2.05) is 0 Å². The van der Waals surface area contributed by atoms with Crippen LogP contribution >= 0.6 is 12.6 Å². The largest absolute Gasteiger partial charge is 0.401 e. The first-order valence-corrected chi connectivity index (χ1v) is 3.28. The van der Waals surface area contributed by atoms with Gasteiger partial charge in [-0.1, -0.05) is 0 Å². The number of rotatable bonds is 0. The number of hydrogen-bond acceptors (Lipinski definition) is 3. The van der Waals surface area contributed by atoms with Crippen molar-refractivity contribution in [2.24, 2.45) is 5.73 Å². The lowest BCUT2D eigenvalue weighted by Gasteiger charge is -2.06.